The van der Waals surface area contributed by atoms with Crippen LogP contribution in [0.3, 0.4) is 0 Å². The number of hydrogen-bond donors (Lipinski definition) is 1. The lowest BCUT2D eigenvalue weighted by Gasteiger charge is -2.31. The zero-order valence-corrected chi connectivity index (χ0v) is 18.3. The molecule has 1 aliphatic heterocycles. The lowest BCUT2D eigenvalue weighted by molar-refractivity contribution is -0.125. The summed E-state index contributed by atoms with van der Waals surface area (Å²) in [5.74, 6) is 0.684. The van der Waals surface area contributed by atoms with Crippen LogP contribution >= 0.6 is 0 Å². The lowest BCUT2D eigenvalue weighted by atomic mass is 10.1. The van der Waals surface area contributed by atoms with E-state index in [1.54, 1.807) is 24.7 Å². The minimum atomic E-state index is -0.0749. The van der Waals surface area contributed by atoms with E-state index in [2.05, 4.69) is 14.9 Å². The van der Waals surface area contributed by atoms with Crippen LogP contribution in [0.1, 0.15) is 19.3 Å². The van der Waals surface area contributed by atoms with E-state index >= 15 is 0 Å². The van der Waals surface area contributed by atoms with Crippen LogP contribution in [0.5, 0.6) is 0 Å². The first-order valence-electron chi connectivity index (χ1n) is 11.0. The topological polar surface area (TPSA) is 72.5 Å². The summed E-state index contributed by atoms with van der Waals surface area (Å²) < 4.78 is 0. The molecule has 2 aromatic rings. The van der Waals surface area contributed by atoms with Crippen LogP contribution in [-0.2, 0) is 4.79 Å². The van der Waals surface area contributed by atoms with Crippen molar-refractivity contribution in [3.05, 3.63) is 59.3 Å². The van der Waals surface area contributed by atoms with Crippen LogP contribution in [0, 0.1) is 5.92 Å². The SMILES string of the molecule is CN(C)C/C=C/C(=O)N1CCC(N(CC2CC2)c2cc(-c3ccncc3)c[nH]c2=O)C1. The van der Waals surface area contributed by atoms with Crippen molar-refractivity contribution < 1.29 is 4.79 Å². The summed E-state index contributed by atoms with van der Waals surface area (Å²) in [7, 11) is 3.96. The number of hydrogen-bond acceptors (Lipinski definition) is 5. The molecule has 1 aliphatic carbocycles. The number of aromatic amines is 1. The number of nitrogens with zero attached hydrogens (tertiary/aromatic N) is 4. The molecule has 7 heteroatoms. The maximum Gasteiger partial charge on any atom is 0.271 e. The van der Waals surface area contributed by atoms with Gasteiger partial charge in [-0.05, 0) is 63.0 Å². The van der Waals surface area contributed by atoms with Gasteiger partial charge in [0, 0.05) is 62.5 Å². The van der Waals surface area contributed by atoms with Crippen LogP contribution in [0.2, 0.25) is 0 Å². The van der Waals surface area contributed by atoms with Crippen LogP contribution < -0.4 is 10.5 Å². The molecular formula is C24H31N5O2. The highest BCUT2D eigenvalue weighted by molar-refractivity contribution is 5.88. The largest absolute Gasteiger partial charge is 0.362 e. The maximum absolute atomic E-state index is 12.8. The summed E-state index contributed by atoms with van der Waals surface area (Å²) in [5.41, 5.74) is 2.61. The Kier molecular flexibility index (Phi) is 6.51. The predicted octanol–water partition coefficient (Wildman–Crippen LogP) is 2.37. The molecule has 0 spiro atoms. The monoisotopic (exact) mass is 421 g/mol. The van der Waals surface area contributed by atoms with Gasteiger partial charge in [0.2, 0.25) is 5.91 Å². The summed E-state index contributed by atoms with van der Waals surface area (Å²) in [6.07, 6.45) is 12.1. The summed E-state index contributed by atoms with van der Waals surface area (Å²) >= 11 is 0. The normalized spacial score (nSPS) is 18.8. The van der Waals surface area contributed by atoms with Crippen LogP contribution in [0.4, 0.5) is 5.69 Å². The number of pyridine rings is 2. The van der Waals surface area contributed by atoms with E-state index in [4.69, 9.17) is 0 Å². The highest BCUT2D eigenvalue weighted by Gasteiger charge is 2.34. The van der Waals surface area contributed by atoms with Gasteiger partial charge in [-0.3, -0.25) is 14.6 Å². The quantitative estimate of drug-likeness (QED) is 0.663. The number of likely N-dealkylation sites (N-methyl/N-ethyl adjacent to an activating group) is 1. The van der Waals surface area contributed by atoms with E-state index in [9.17, 15) is 9.59 Å². The highest BCUT2D eigenvalue weighted by Crippen LogP contribution is 2.33. The van der Waals surface area contributed by atoms with E-state index in [0.29, 0.717) is 18.2 Å². The van der Waals surface area contributed by atoms with Gasteiger partial charge in [0.15, 0.2) is 0 Å². The molecule has 31 heavy (non-hydrogen) atoms. The first-order chi connectivity index (χ1) is 15.0. The van der Waals surface area contributed by atoms with Gasteiger partial charge in [0.05, 0.1) is 0 Å². The van der Waals surface area contributed by atoms with E-state index in [0.717, 1.165) is 37.2 Å². The molecule has 1 saturated carbocycles. The Balaban J connectivity index is 1.54. The van der Waals surface area contributed by atoms with Gasteiger partial charge in [-0.25, -0.2) is 0 Å². The number of anilines is 1. The van der Waals surface area contributed by atoms with Gasteiger partial charge in [-0.15, -0.1) is 0 Å². The smallest absolute Gasteiger partial charge is 0.271 e. The molecule has 3 heterocycles. The zero-order valence-electron chi connectivity index (χ0n) is 18.3. The number of carbonyl (C=O) groups excluding carboxylic acids is 1. The van der Waals surface area contributed by atoms with Crippen molar-refractivity contribution >= 4 is 11.6 Å². The Morgan fingerprint density at radius 2 is 2.00 bits per heavy atom. The van der Waals surface area contributed by atoms with Gasteiger partial charge >= 0.3 is 0 Å². The molecule has 0 radical (unpaired) electrons. The summed E-state index contributed by atoms with van der Waals surface area (Å²) in [6, 6.07) is 6.02. The fourth-order valence-electron chi connectivity index (χ4n) is 4.08. The van der Waals surface area contributed by atoms with Crippen molar-refractivity contribution in [1.82, 2.24) is 19.8 Å². The van der Waals surface area contributed by atoms with E-state index in [-0.39, 0.29) is 17.5 Å². The van der Waals surface area contributed by atoms with Crippen molar-refractivity contribution in [2.75, 3.05) is 45.2 Å². The maximum atomic E-state index is 12.8. The van der Waals surface area contributed by atoms with Gasteiger partial charge in [0.25, 0.3) is 5.56 Å². The number of carbonyl (C=O) groups is 1. The number of likely N-dealkylation sites (tertiary alicyclic amines) is 1. The Morgan fingerprint density at radius 3 is 2.71 bits per heavy atom. The molecule has 2 aliphatic rings. The van der Waals surface area contributed by atoms with Crippen molar-refractivity contribution in [3.63, 3.8) is 0 Å². The fraction of sp³-hybridized carbons (Fsp3) is 0.458. The summed E-state index contributed by atoms with van der Waals surface area (Å²) in [5, 5.41) is 0. The fourth-order valence-corrected chi connectivity index (χ4v) is 4.08. The number of H-pyrrole nitrogens is 1. The minimum Gasteiger partial charge on any atom is -0.362 e. The number of rotatable bonds is 8. The lowest BCUT2D eigenvalue weighted by Crippen LogP contribution is -2.42. The molecule has 1 atom stereocenters. The molecule has 1 N–H and O–H groups in total. The van der Waals surface area contributed by atoms with Crippen molar-refractivity contribution in [2.24, 2.45) is 5.92 Å². The molecule has 7 nitrogen and oxygen atoms in total. The van der Waals surface area contributed by atoms with Crippen LogP contribution in [-0.4, -0.2) is 72.0 Å². The molecule has 1 unspecified atom stereocenters. The molecule has 0 bridgehead atoms. The number of amides is 1. The van der Waals surface area contributed by atoms with Gasteiger partial charge in [0.1, 0.15) is 5.69 Å². The third-order valence-corrected chi connectivity index (χ3v) is 6.01. The summed E-state index contributed by atoms with van der Waals surface area (Å²) in [4.78, 5) is 38.6. The highest BCUT2D eigenvalue weighted by atomic mass is 16.2. The minimum absolute atomic E-state index is 0.0511. The van der Waals surface area contributed by atoms with Gasteiger partial charge in [-0.2, -0.15) is 0 Å². The first-order valence-corrected chi connectivity index (χ1v) is 11.0. The van der Waals surface area contributed by atoms with Crippen molar-refractivity contribution in [3.8, 4) is 11.1 Å². The number of nitrogens with one attached hydrogen (secondary N) is 1. The second-order valence-corrected chi connectivity index (χ2v) is 8.83. The third-order valence-electron chi connectivity index (χ3n) is 6.01. The van der Waals surface area contributed by atoms with Crippen LogP contribution in [0.15, 0.2) is 53.7 Å². The Hall–Kier alpha value is -2.93. The molecule has 1 amide bonds. The van der Waals surface area contributed by atoms with Crippen molar-refractivity contribution in [2.45, 2.75) is 25.3 Å². The molecular weight excluding hydrogens is 390 g/mol. The Labute approximate surface area is 183 Å². The Morgan fingerprint density at radius 1 is 1.23 bits per heavy atom. The first kappa shape index (κ1) is 21.3. The third kappa shape index (κ3) is 5.41. The Bertz CT molecular complexity index is 981. The second kappa shape index (κ2) is 9.47. The molecule has 4 rings (SSSR count). The molecule has 1 saturated heterocycles. The standard InChI is InChI=1S/C24H31N5O2/c1-27(2)12-3-4-23(30)28-13-9-21(17-28)29(16-18-5-6-18)22-14-20(15-26-24(22)31)19-7-10-25-11-8-19/h3-4,7-8,10-11,14-15,18,21H,5-6,9,12-13,16-17H2,1-2H3,(H,26,31)/b4-3+. The summed E-state index contributed by atoms with van der Waals surface area (Å²) in [6.45, 7) is 2.98. The van der Waals surface area contributed by atoms with Crippen LogP contribution in [0.25, 0.3) is 11.1 Å². The molecule has 164 valence electrons. The van der Waals surface area contributed by atoms with E-state index < -0.39 is 0 Å². The van der Waals surface area contributed by atoms with E-state index in [1.165, 1.54) is 12.8 Å². The molecule has 2 aromatic heterocycles. The number of aromatic nitrogens is 2. The predicted molar refractivity (Wildman–Crippen MR) is 123 cm³/mol. The molecule has 2 fully saturated rings. The average Bonchev–Trinajstić information content (AvgIpc) is 3.46. The molecule has 0 aromatic carbocycles. The van der Waals surface area contributed by atoms with Gasteiger partial charge < -0.3 is 19.7 Å². The van der Waals surface area contributed by atoms with Crippen molar-refractivity contribution in [1.29, 1.82) is 0 Å². The zero-order chi connectivity index (χ0) is 21.8. The second-order valence-electron chi connectivity index (χ2n) is 8.83. The van der Waals surface area contributed by atoms with Gasteiger partial charge in [-0.1, -0.05) is 6.08 Å². The average molecular weight is 422 g/mol. The van der Waals surface area contributed by atoms with E-state index in [1.807, 2.05) is 48.2 Å².